The smallest absolute Gasteiger partial charge is 0.150 e. The Kier molecular flexibility index (Phi) is 3.55. The van der Waals surface area contributed by atoms with Crippen molar-refractivity contribution in [1.29, 1.82) is 0 Å². The number of aldehydes is 1. The molecule has 0 atom stereocenters. The van der Waals surface area contributed by atoms with Crippen LogP contribution < -0.4 is 0 Å². The Morgan fingerprint density at radius 1 is 1.25 bits per heavy atom. The summed E-state index contributed by atoms with van der Waals surface area (Å²) in [6, 6.07) is 7.39. The number of allylic oxidation sites excluding steroid dienone is 1. The maximum atomic E-state index is 10.5. The molecule has 0 fully saturated rings. The minimum absolute atomic E-state index is 0.465. The van der Waals surface area contributed by atoms with Gasteiger partial charge in [0.2, 0.25) is 0 Å². The molecule has 0 unspecified atom stereocenters. The SMILES string of the molecule is O=Cc1ccccc1C=CCCl. The number of hydrogen-bond acceptors (Lipinski definition) is 1. The lowest BCUT2D eigenvalue weighted by molar-refractivity contribution is 0.112. The summed E-state index contributed by atoms with van der Waals surface area (Å²) in [6.07, 6.45) is 4.49. The standard InChI is InChI=1S/C10H9ClO/c11-7-3-6-9-4-1-2-5-10(9)8-12/h1-6,8H,7H2. The maximum Gasteiger partial charge on any atom is 0.150 e. The third-order valence-corrected chi connectivity index (χ3v) is 1.69. The average Bonchev–Trinajstić information content (AvgIpc) is 2.15. The van der Waals surface area contributed by atoms with Crippen LogP contribution in [0.3, 0.4) is 0 Å². The van der Waals surface area contributed by atoms with E-state index in [0.29, 0.717) is 11.4 Å². The molecule has 0 aromatic heterocycles. The van der Waals surface area contributed by atoms with Crippen molar-refractivity contribution >= 4 is 24.0 Å². The number of carbonyl (C=O) groups is 1. The first kappa shape index (κ1) is 9.01. The minimum Gasteiger partial charge on any atom is -0.298 e. The van der Waals surface area contributed by atoms with Crippen LogP contribution in [0.5, 0.6) is 0 Å². The molecule has 12 heavy (non-hydrogen) atoms. The molecular formula is C10H9ClO. The van der Waals surface area contributed by atoms with Gasteiger partial charge in [-0.05, 0) is 5.56 Å². The van der Waals surface area contributed by atoms with Crippen molar-refractivity contribution < 1.29 is 4.79 Å². The highest BCUT2D eigenvalue weighted by Crippen LogP contribution is 2.07. The second-order valence-corrected chi connectivity index (χ2v) is 2.61. The third kappa shape index (κ3) is 2.21. The van der Waals surface area contributed by atoms with Crippen LogP contribution in [-0.4, -0.2) is 12.2 Å². The number of rotatable bonds is 3. The molecule has 0 N–H and O–H groups in total. The van der Waals surface area contributed by atoms with E-state index < -0.39 is 0 Å². The Labute approximate surface area is 76.7 Å². The molecule has 0 amide bonds. The van der Waals surface area contributed by atoms with E-state index in [1.54, 1.807) is 6.07 Å². The van der Waals surface area contributed by atoms with Crippen LogP contribution in [0.25, 0.3) is 6.08 Å². The first-order chi connectivity index (χ1) is 5.88. The first-order valence-corrected chi connectivity index (χ1v) is 4.18. The topological polar surface area (TPSA) is 17.1 Å². The van der Waals surface area contributed by atoms with Gasteiger partial charge >= 0.3 is 0 Å². The summed E-state index contributed by atoms with van der Waals surface area (Å²) in [5.41, 5.74) is 1.60. The van der Waals surface area contributed by atoms with Gasteiger partial charge in [0.1, 0.15) is 0 Å². The minimum atomic E-state index is 0.465. The van der Waals surface area contributed by atoms with Crippen molar-refractivity contribution in [3.63, 3.8) is 0 Å². The summed E-state index contributed by atoms with van der Waals surface area (Å²) in [6.45, 7) is 0. The predicted octanol–water partition coefficient (Wildman–Crippen LogP) is 2.75. The zero-order valence-electron chi connectivity index (χ0n) is 6.53. The lowest BCUT2D eigenvalue weighted by Crippen LogP contribution is -1.83. The lowest BCUT2D eigenvalue weighted by Gasteiger charge is -1.95. The highest BCUT2D eigenvalue weighted by Gasteiger charge is 1.93. The second kappa shape index (κ2) is 4.73. The quantitative estimate of drug-likeness (QED) is 0.517. The van der Waals surface area contributed by atoms with Crippen molar-refractivity contribution in [1.82, 2.24) is 0 Å². The fourth-order valence-corrected chi connectivity index (χ4v) is 1.03. The Morgan fingerprint density at radius 3 is 2.50 bits per heavy atom. The van der Waals surface area contributed by atoms with E-state index in [1.165, 1.54) is 0 Å². The van der Waals surface area contributed by atoms with Crippen LogP contribution in [0.4, 0.5) is 0 Å². The van der Waals surface area contributed by atoms with E-state index in [4.69, 9.17) is 11.6 Å². The van der Waals surface area contributed by atoms with Gasteiger partial charge in [-0.2, -0.15) is 0 Å². The van der Waals surface area contributed by atoms with Crippen molar-refractivity contribution in [3.05, 3.63) is 41.5 Å². The van der Waals surface area contributed by atoms with Gasteiger partial charge < -0.3 is 0 Å². The van der Waals surface area contributed by atoms with Gasteiger partial charge in [0.15, 0.2) is 6.29 Å². The van der Waals surface area contributed by atoms with E-state index >= 15 is 0 Å². The van der Waals surface area contributed by atoms with E-state index in [2.05, 4.69) is 0 Å². The van der Waals surface area contributed by atoms with E-state index in [9.17, 15) is 4.79 Å². The molecule has 0 aliphatic carbocycles. The number of carbonyl (C=O) groups excluding carboxylic acids is 1. The zero-order valence-corrected chi connectivity index (χ0v) is 7.29. The molecule has 2 heteroatoms. The van der Waals surface area contributed by atoms with Gasteiger partial charge in [0.25, 0.3) is 0 Å². The molecule has 0 saturated heterocycles. The second-order valence-electron chi connectivity index (χ2n) is 2.30. The number of hydrogen-bond donors (Lipinski definition) is 0. The van der Waals surface area contributed by atoms with Crippen molar-refractivity contribution in [2.24, 2.45) is 0 Å². The highest BCUT2D eigenvalue weighted by molar-refractivity contribution is 6.19. The van der Waals surface area contributed by atoms with Gasteiger partial charge in [-0.25, -0.2) is 0 Å². The van der Waals surface area contributed by atoms with Crippen LogP contribution in [0.15, 0.2) is 30.3 Å². The molecule has 1 aromatic rings. The first-order valence-electron chi connectivity index (χ1n) is 3.65. The number of benzene rings is 1. The molecule has 0 aliphatic heterocycles. The molecule has 0 heterocycles. The van der Waals surface area contributed by atoms with Gasteiger partial charge in [0.05, 0.1) is 0 Å². The van der Waals surface area contributed by atoms with Crippen LogP contribution >= 0.6 is 11.6 Å². The molecule has 1 aromatic carbocycles. The summed E-state index contributed by atoms with van der Waals surface area (Å²) in [4.78, 5) is 10.5. The number of alkyl halides is 1. The predicted molar refractivity (Wildman–Crippen MR) is 51.6 cm³/mol. The van der Waals surface area contributed by atoms with E-state index in [-0.39, 0.29) is 0 Å². The van der Waals surface area contributed by atoms with Crippen molar-refractivity contribution in [3.8, 4) is 0 Å². The lowest BCUT2D eigenvalue weighted by atomic mass is 10.1. The highest BCUT2D eigenvalue weighted by atomic mass is 35.5. The summed E-state index contributed by atoms with van der Waals surface area (Å²) in [7, 11) is 0. The Morgan fingerprint density at radius 2 is 1.92 bits per heavy atom. The third-order valence-electron chi connectivity index (χ3n) is 1.51. The molecule has 0 bridgehead atoms. The van der Waals surface area contributed by atoms with Crippen molar-refractivity contribution in [2.45, 2.75) is 0 Å². The van der Waals surface area contributed by atoms with Crippen LogP contribution in [0, 0.1) is 0 Å². The Balaban J connectivity index is 2.96. The number of halogens is 1. The largest absolute Gasteiger partial charge is 0.298 e. The van der Waals surface area contributed by atoms with Gasteiger partial charge in [0, 0.05) is 11.4 Å². The monoisotopic (exact) mass is 180 g/mol. The van der Waals surface area contributed by atoms with Crippen LogP contribution in [0.2, 0.25) is 0 Å². The molecule has 62 valence electrons. The van der Waals surface area contributed by atoms with Crippen LogP contribution in [0.1, 0.15) is 15.9 Å². The Bertz CT molecular complexity index is 292. The fraction of sp³-hybridized carbons (Fsp3) is 0.100. The molecule has 1 rings (SSSR count). The summed E-state index contributed by atoms with van der Waals surface area (Å²) in [5, 5.41) is 0. The van der Waals surface area contributed by atoms with Crippen molar-refractivity contribution in [2.75, 3.05) is 5.88 Å². The molecule has 1 nitrogen and oxygen atoms in total. The maximum absolute atomic E-state index is 10.5. The van der Waals surface area contributed by atoms with Gasteiger partial charge in [-0.3, -0.25) is 4.79 Å². The normalized spacial score (nSPS) is 10.4. The summed E-state index contributed by atoms with van der Waals surface area (Å²) < 4.78 is 0. The Hall–Kier alpha value is -1.08. The average molecular weight is 181 g/mol. The van der Waals surface area contributed by atoms with Crippen LogP contribution in [-0.2, 0) is 0 Å². The summed E-state index contributed by atoms with van der Waals surface area (Å²) in [5.74, 6) is 0.465. The zero-order chi connectivity index (χ0) is 8.81. The summed E-state index contributed by atoms with van der Waals surface area (Å²) >= 11 is 5.47. The molecule has 0 aliphatic rings. The molecular weight excluding hydrogens is 172 g/mol. The van der Waals surface area contributed by atoms with E-state index in [1.807, 2.05) is 30.4 Å². The van der Waals surface area contributed by atoms with Gasteiger partial charge in [-0.15, -0.1) is 11.6 Å². The fourth-order valence-electron chi connectivity index (χ4n) is 0.942. The molecule has 0 spiro atoms. The molecule has 0 radical (unpaired) electrons. The van der Waals surface area contributed by atoms with E-state index in [0.717, 1.165) is 11.8 Å². The molecule has 0 saturated carbocycles. The van der Waals surface area contributed by atoms with Gasteiger partial charge in [-0.1, -0.05) is 36.4 Å².